The molecule has 1 N–H and O–H groups in total. The molecular formula is C15H23NO3S. The van der Waals surface area contributed by atoms with Crippen molar-refractivity contribution < 1.29 is 13.2 Å². The van der Waals surface area contributed by atoms with Crippen LogP contribution < -0.4 is 5.32 Å². The summed E-state index contributed by atoms with van der Waals surface area (Å²) in [5.41, 5.74) is 0.964. The van der Waals surface area contributed by atoms with E-state index in [0.29, 0.717) is 17.2 Å². The zero-order valence-electron chi connectivity index (χ0n) is 12.0. The van der Waals surface area contributed by atoms with Gasteiger partial charge in [0, 0.05) is 18.8 Å². The summed E-state index contributed by atoms with van der Waals surface area (Å²) in [6, 6.07) is 7.05. The molecule has 1 heterocycles. The Kier molecular flexibility index (Phi) is 5.43. The molecule has 1 unspecified atom stereocenters. The molecule has 1 aliphatic rings. The number of hydrogen-bond acceptors (Lipinski definition) is 4. The van der Waals surface area contributed by atoms with Crippen molar-refractivity contribution >= 4 is 15.5 Å². The van der Waals surface area contributed by atoms with Crippen molar-refractivity contribution in [2.75, 3.05) is 30.8 Å². The van der Waals surface area contributed by atoms with Crippen LogP contribution in [0.15, 0.2) is 29.2 Å². The number of sulfone groups is 1. The second-order valence-corrected chi connectivity index (χ2v) is 7.42. The monoisotopic (exact) mass is 297 g/mol. The molecule has 0 spiro atoms. The van der Waals surface area contributed by atoms with E-state index < -0.39 is 9.84 Å². The van der Waals surface area contributed by atoms with Crippen LogP contribution in [0.25, 0.3) is 0 Å². The van der Waals surface area contributed by atoms with Crippen LogP contribution in [0.3, 0.4) is 0 Å². The molecule has 0 aliphatic carbocycles. The number of nitrogens with one attached hydrogen (secondary N) is 1. The summed E-state index contributed by atoms with van der Waals surface area (Å²) in [4.78, 5) is 0.408. The maximum absolute atomic E-state index is 11.9. The van der Waals surface area contributed by atoms with Crippen LogP contribution in [-0.2, 0) is 14.6 Å². The normalized spacial score (nSPS) is 19.8. The Morgan fingerprint density at radius 1 is 1.30 bits per heavy atom. The molecule has 0 saturated carbocycles. The minimum atomic E-state index is -3.11. The zero-order chi connectivity index (χ0) is 14.4. The lowest BCUT2D eigenvalue weighted by Gasteiger charge is -2.22. The molecule has 1 fully saturated rings. The average Bonchev–Trinajstić information content (AvgIpc) is 2.47. The second-order valence-electron chi connectivity index (χ2n) is 5.31. The Labute approximate surface area is 121 Å². The second kappa shape index (κ2) is 7.09. The summed E-state index contributed by atoms with van der Waals surface area (Å²) in [5.74, 6) is 0.756. The van der Waals surface area contributed by atoms with Gasteiger partial charge in [-0.2, -0.15) is 0 Å². The first-order chi connectivity index (χ1) is 9.62. The van der Waals surface area contributed by atoms with Crippen molar-refractivity contribution in [3.05, 3.63) is 24.3 Å². The van der Waals surface area contributed by atoms with Crippen LogP contribution in [0.1, 0.15) is 26.2 Å². The van der Waals surface area contributed by atoms with E-state index in [4.69, 9.17) is 4.74 Å². The van der Waals surface area contributed by atoms with Crippen LogP contribution in [-0.4, -0.2) is 33.9 Å². The van der Waals surface area contributed by atoms with Crippen molar-refractivity contribution in [2.24, 2.45) is 5.92 Å². The third-order valence-corrected chi connectivity index (χ3v) is 5.47. The minimum Gasteiger partial charge on any atom is -0.385 e. The largest absolute Gasteiger partial charge is 0.385 e. The predicted molar refractivity (Wildman–Crippen MR) is 80.8 cm³/mol. The van der Waals surface area contributed by atoms with Gasteiger partial charge in [-0.1, -0.05) is 6.92 Å². The fraction of sp³-hybridized carbons (Fsp3) is 0.600. The van der Waals surface area contributed by atoms with E-state index in [9.17, 15) is 8.42 Å². The van der Waals surface area contributed by atoms with Crippen molar-refractivity contribution in [1.82, 2.24) is 0 Å². The molecule has 0 amide bonds. The van der Waals surface area contributed by atoms with Gasteiger partial charge in [0.05, 0.1) is 17.3 Å². The van der Waals surface area contributed by atoms with Crippen molar-refractivity contribution in [3.8, 4) is 0 Å². The van der Waals surface area contributed by atoms with E-state index in [1.807, 2.05) is 19.1 Å². The Balaban J connectivity index is 1.91. The molecule has 1 atom stereocenters. The fourth-order valence-electron chi connectivity index (χ4n) is 2.40. The summed E-state index contributed by atoms with van der Waals surface area (Å²) >= 11 is 0. The van der Waals surface area contributed by atoms with Crippen molar-refractivity contribution in [1.29, 1.82) is 0 Å². The van der Waals surface area contributed by atoms with E-state index in [0.717, 1.165) is 31.9 Å². The van der Waals surface area contributed by atoms with E-state index >= 15 is 0 Å². The van der Waals surface area contributed by atoms with E-state index in [1.54, 1.807) is 12.1 Å². The smallest absolute Gasteiger partial charge is 0.178 e. The highest BCUT2D eigenvalue weighted by atomic mass is 32.2. The van der Waals surface area contributed by atoms with Gasteiger partial charge >= 0.3 is 0 Å². The molecule has 0 aromatic heterocycles. The standard InChI is InChI=1S/C15H23NO3S/c1-2-10-20(17,18)15-7-5-14(6-8-15)16-11-13-4-3-9-19-12-13/h5-8,13,16H,2-4,9-12H2,1H3. The van der Waals surface area contributed by atoms with Crippen LogP contribution in [0.5, 0.6) is 0 Å². The van der Waals surface area contributed by atoms with Gasteiger partial charge in [-0.15, -0.1) is 0 Å². The predicted octanol–water partition coefficient (Wildman–Crippen LogP) is 2.71. The van der Waals surface area contributed by atoms with Crippen LogP contribution >= 0.6 is 0 Å². The van der Waals surface area contributed by atoms with Gasteiger partial charge in [-0.25, -0.2) is 8.42 Å². The third kappa shape index (κ3) is 4.21. The number of rotatable bonds is 6. The topological polar surface area (TPSA) is 55.4 Å². The minimum absolute atomic E-state index is 0.208. The van der Waals surface area contributed by atoms with Gasteiger partial charge in [0.25, 0.3) is 0 Å². The molecule has 2 rings (SSSR count). The molecule has 20 heavy (non-hydrogen) atoms. The fourth-order valence-corrected chi connectivity index (χ4v) is 3.72. The molecule has 1 aromatic carbocycles. The molecule has 1 saturated heterocycles. The Morgan fingerprint density at radius 3 is 2.65 bits per heavy atom. The first-order valence-corrected chi connectivity index (χ1v) is 8.91. The van der Waals surface area contributed by atoms with Crippen molar-refractivity contribution in [2.45, 2.75) is 31.1 Å². The number of benzene rings is 1. The van der Waals surface area contributed by atoms with E-state index in [-0.39, 0.29) is 5.75 Å². The molecule has 0 bridgehead atoms. The summed E-state index contributed by atoms with van der Waals surface area (Å²) in [5, 5.41) is 3.35. The number of anilines is 1. The molecule has 0 radical (unpaired) electrons. The Morgan fingerprint density at radius 2 is 2.05 bits per heavy atom. The van der Waals surface area contributed by atoms with Crippen molar-refractivity contribution in [3.63, 3.8) is 0 Å². The van der Waals surface area contributed by atoms with E-state index in [2.05, 4.69) is 5.32 Å². The van der Waals surface area contributed by atoms with Gasteiger partial charge in [0.2, 0.25) is 0 Å². The zero-order valence-corrected chi connectivity index (χ0v) is 12.8. The first-order valence-electron chi connectivity index (χ1n) is 7.26. The Hall–Kier alpha value is -1.07. The highest BCUT2D eigenvalue weighted by Gasteiger charge is 2.14. The number of hydrogen-bond donors (Lipinski definition) is 1. The maximum atomic E-state index is 11.9. The lowest BCUT2D eigenvalue weighted by Crippen LogP contribution is -2.24. The van der Waals surface area contributed by atoms with Gasteiger partial charge in [-0.05, 0) is 49.4 Å². The Bertz CT molecular complexity index is 504. The van der Waals surface area contributed by atoms with Gasteiger partial charge in [-0.3, -0.25) is 0 Å². The van der Waals surface area contributed by atoms with Gasteiger partial charge in [0.1, 0.15) is 0 Å². The quantitative estimate of drug-likeness (QED) is 0.877. The first kappa shape index (κ1) is 15.3. The van der Waals surface area contributed by atoms with Crippen LogP contribution in [0, 0.1) is 5.92 Å². The molecule has 5 heteroatoms. The summed E-state index contributed by atoms with van der Waals surface area (Å²) in [6.45, 7) is 4.44. The molecule has 1 aliphatic heterocycles. The van der Waals surface area contributed by atoms with Gasteiger partial charge < -0.3 is 10.1 Å². The lowest BCUT2D eigenvalue weighted by molar-refractivity contribution is 0.0595. The summed E-state index contributed by atoms with van der Waals surface area (Å²) in [7, 11) is -3.11. The third-order valence-electron chi connectivity index (χ3n) is 3.54. The summed E-state index contributed by atoms with van der Waals surface area (Å²) in [6.07, 6.45) is 2.96. The van der Waals surface area contributed by atoms with Crippen LogP contribution in [0.4, 0.5) is 5.69 Å². The van der Waals surface area contributed by atoms with Crippen LogP contribution in [0.2, 0.25) is 0 Å². The molecular weight excluding hydrogens is 274 g/mol. The summed E-state index contributed by atoms with van der Waals surface area (Å²) < 4.78 is 29.3. The lowest BCUT2D eigenvalue weighted by atomic mass is 10.0. The molecule has 4 nitrogen and oxygen atoms in total. The number of ether oxygens (including phenoxy) is 1. The maximum Gasteiger partial charge on any atom is 0.178 e. The highest BCUT2D eigenvalue weighted by Crippen LogP contribution is 2.18. The molecule has 1 aromatic rings. The average molecular weight is 297 g/mol. The molecule has 112 valence electrons. The van der Waals surface area contributed by atoms with Gasteiger partial charge in [0.15, 0.2) is 9.84 Å². The van der Waals surface area contributed by atoms with E-state index in [1.165, 1.54) is 6.42 Å². The highest BCUT2D eigenvalue weighted by molar-refractivity contribution is 7.91. The SMILES string of the molecule is CCCS(=O)(=O)c1ccc(NCC2CCCOC2)cc1.